The minimum absolute atomic E-state index is 0.0828. The van der Waals surface area contributed by atoms with Gasteiger partial charge in [0.25, 0.3) is 0 Å². The number of ether oxygens (including phenoxy) is 1. The lowest BCUT2D eigenvalue weighted by atomic mass is 10.3. The van der Waals surface area contributed by atoms with Crippen LogP contribution in [-0.4, -0.2) is 25.5 Å². The summed E-state index contributed by atoms with van der Waals surface area (Å²) < 4.78 is 4.34. The number of hydrogen-bond acceptors (Lipinski definition) is 3. The molecule has 0 saturated carbocycles. The minimum Gasteiger partial charge on any atom is -0.468 e. The van der Waals surface area contributed by atoms with E-state index in [1.807, 2.05) is 0 Å². The fraction of sp³-hybridized carbons (Fsp3) is 0.500. The van der Waals surface area contributed by atoms with Crippen molar-refractivity contribution >= 4 is 11.9 Å². The SMILES string of the molecule is C/C=C(\C)C(=O)[15NH][13CH2][13C](=O)OC. The summed E-state index contributed by atoms with van der Waals surface area (Å²) in [5.74, 6) is -0.699. The van der Waals surface area contributed by atoms with Crippen LogP contribution in [0.2, 0.25) is 0 Å². The number of amides is 1. The molecule has 0 saturated heterocycles. The maximum atomic E-state index is 11.0. The molecule has 0 aliphatic rings. The Morgan fingerprint density at radius 3 is 2.50 bits per heavy atom. The maximum absolute atomic E-state index is 11.0. The zero-order chi connectivity index (χ0) is 9.56. The van der Waals surface area contributed by atoms with E-state index in [4.69, 9.17) is 0 Å². The van der Waals surface area contributed by atoms with Crippen LogP contribution in [0.25, 0.3) is 0 Å². The van der Waals surface area contributed by atoms with Crippen molar-refractivity contribution in [2.75, 3.05) is 13.7 Å². The Kier molecular flexibility index (Phi) is 4.76. The number of esters is 1. The van der Waals surface area contributed by atoms with E-state index in [0.717, 1.165) is 0 Å². The van der Waals surface area contributed by atoms with Gasteiger partial charge in [0.05, 0.1) is 7.11 Å². The first-order valence-electron chi connectivity index (χ1n) is 3.59. The quantitative estimate of drug-likeness (QED) is 0.288. The smallest absolute Gasteiger partial charge is 0.325 e. The van der Waals surface area contributed by atoms with Gasteiger partial charge >= 0.3 is 5.97 Å². The van der Waals surface area contributed by atoms with Crippen molar-refractivity contribution in [3.63, 3.8) is 0 Å². The molecule has 1 N–H and O–H groups in total. The highest BCUT2D eigenvalue weighted by Gasteiger charge is 2.05. The van der Waals surface area contributed by atoms with Gasteiger partial charge < -0.3 is 10.1 Å². The molecule has 0 aromatic rings. The van der Waals surface area contributed by atoms with Crippen LogP contribution in [-0.2, 0) is 14.3 Å². The number of rotatable bonds is 3. The second kappa shape index (κ2) is 5.35. The van der Waals surface area contributed by atoms with E-state index in [2.05, 4.69) is 10.1 Å². The average molecular weight is 174 g/mol. The van der Waals surface area contributed by atoms with Crippen LogP contribution in [0, 0.1) is 0 Å². The molecule has 0 atom stereocenters. The topological polar surface area (TPSA) is 55.4 Å². The van der Waals surface area contributed by atoms with Crippen molar-refractivity contribution in [3.05, 3.63) is 11.6 Å². The molecule has 68 valence electrons. The summed E-state index contributed by atoms with van der Waals surface area (Å²) in [7, 11) is 1.27. The van der Waals surface area contributed by atoms with Crippen LogP contribution < -0.4 is 5.32 Å². The molecule has 1 amide bonds. The molecule has 0 radical (unpaired) electrons. The predicted molar refractivity (Wildman–Crippen MR) is 44.5 cm³/mol. The van der Waals surface area contributed by atoms with Gasteiger partial charge in [-0.1, -0.05) is 6.08 Å². The number of nitrogens with one attached hydrogen (secondary N) is 1. The summed E-state index contributed by atoms with van der Waals surface area (Å²) in [6.45, 7) is 3.35. The molecule has 0 heterocycles. The normalized spacial score (nSPS) is 10.8. The van der Waals surface area contributed by atoms with Gasteiger partial charge in [0.1, 0.15) is 6.54 Å². The van der Waals surface area contributed by atoms with Crippen molar-refractivity contribution in [1.82, 2.24) is 5.32 Å². The highest BCUT2D eigenvalue weighted by atomic mass is 16.6. The highest BCUT2D eigenvalue weighted by Crippen LogP contribution is 1.89. The van der Waals surface area contributed by atoms with Crippen LogP contribution in [0.15, 0.2) is 11.6 Å². The van der Waals surface area contributed by atoms with Crippen LogP contribution in [0.1, 0.15) is 13.8 Å². The molecule has 4 heteroatoms. The lowest BCUT2D eigenvalue weighted by molar-refractivity contribution is -0.140. The number of carbonyl (C=O) groups excluding carboxylic acids is 2. The zero-order valence-electron chi connectivity index (χ0n) is 7.51. The Bertz CT molecular complexity index is 208. The molecule has 0 unspecified atom stereocenters. The minimum atomic E-state index is -0.452. The van der Waals surface area contributed by atoms with Gasteiger partial charge in [0.15, 0.2) is 0 Å². The van der Waals surface area contributed by atoms with E-state index >= 15 is 0 Å². The van der Waals surface area contributed by atoms with Gasteiger partial charge in [-0.05, 0) is 13.8 Å². The molecule has 0 aliphatic heterocycles. The van der Waals surface area contributed by atoms with Crippen LogP contribution in [0.3, 0.4) is 0 Å². The van der Waals surface area contributed by atoms with Crippen molar-refractivity contribution < 1.29 is 14.3 Å². The maximum Gasteiger partial charge on any atom is 0.325 e. The average Bonchev–Trinajstić information content (AvgIpc) is 2.11. The Morgan fingerprint density at radius 2 is 2.08 bits per heavy atom. The van der Waals surface area contributed by atoms with Gasteiger partial charge in [0, 0.05) is 5.57 Å². The predicted octanol–water partition coefficient (Wildman–Crippen LogP) is 0.242. The van der Waals surface area contributed by atoms with Gasteiger partial charge in [-0.2, -0.15) is 0 Å². The number of allylic oxidation sites excluding steroid dienone is 1. The molecule has 0 bridgehead atoms. The monoisotopic (exact) mass is 174 g/mol. The third kappa shape index (κ3) is 3.75. The molecule has 0 aromatic carbocycles. The van der Waals surface area contributed by atoms with E-state index in [1.165, 1.54) is 7.11 Å². The summed E-state index contributed by atoms with van der Waals surface area (Å²) in [4.78, 5) is 21.6. The van der Waals surface area contributed by atoms with Gasteiger partial charge in [-0.3, -0.25) is 9.59 Å². The largest absolute Gasteiger partial charge is 0.468 e. The highest BCUT2D eigenvalue weighted by molar-refractivity contribution is 5.94. The van der Waals surface area contributed by atoms with E-state index in [1.54, 1.807) is 19.9 Å². The second-order valence-electron chi connectivity index (χ2n) is 2.23. The molecule has 0 spiro atoms. The molecule has 0 aromatic heterocycles. The molecule has 0 rings (SSSR count). The van der Waals surface area contributed by atoms with Crippen LogP contribution >= 0.6 is 0 Å². The number of methoxy groups -OCH3 is 1. The van der Waals surface area contributed by atoms with Gasteiger partial charge in [-0.25, -0.2) is 0 Å². The van der Waals surface area contributed by atoms with Crippen molar-refractivity contribution in [3.8, 4) is 0 Å². The first kappa shape index (κ1) is 10.7. The standard InChI is InChI=1S/C8H13NO3/c1-4-6(2)8(11)9-5-7(10)12-3/h4H,5H2,1-3H3,(H,9,11)/b6-4+/i5+1,7+1,9+1. The molecular weight excluding hydrogens is 161 g/mol. The summed E-state index contributed by atoms with van der Waals surface area (Å²) in [6, 6.07) is 0. The summed E-state index contributed by atoms with van der Waals surface area (Å²) >= 11 is 0. The third-order valence-corrected chi connectivity index (χ3v) is 1.41. The number of hydrogen-bond donors (Lipinski definition) is 1. The Morgan fingerprint density at radius 1 is 1.50 bits per heavy atom. The van der Waals surface area contributed by atoms with E-state index in [-0.39, 0.29) is 12.5 Å². The summed E-state index contributed by atoms with van der Waals surface area (Å²) in [5, 5.41) is 2.40. The summed E-state index contributed by atoms with van der Waals surface area (Å²) in [5.41, 5.74) is 0.582. The van der Waals surface area contributed by atoms with Crippen LogP contribution in [0.4, 0.5) is 0 Å². The molecule has 0 fully saturated rings. The Hall–Kier alpha value is -1.32. The van der Waals surface area contributed by atoms with Crippen molar-refractivity contribution in [1.29, 1.82) is 0 Å². The molecule has 0 aliphatic carbocycles. The zero-order valence-corrected chi connectivity index (χ0v) is 7.51. The lowest BCUT2D eigenvalue weighted by Gasteiger charge is -2.02. The van der Waals surface area contributed by atoms with Gasteiger partial charge in [0.2, 0.25) is 5.91 Å². The van der Waals surface area contributed by atoms with Crippen molar-refractivity contribution in [2.45, 2.75) is 13.8 Å². The summed E-state index contributed by atoms with van der Waals surface area (Å²) in [6.07, 6.45) is 1.67. The third-order valence-electron chi connectivity index (χ3n) is 1.41. The fourth-order valence-electron chi connectivity index (χ4n) is 0.495. The van der Waals surface area contributed by atoms with E-state index < -0.39 is 5.97 Å². The van der Waals surface area contributed by atoms with E-state index in [0.29, 0.717) is 5.57 Å². The Labute approximate surface area is 71.6 Å². The first-order chi connectivity index (χ1) is 5.61. The van der Waals surface area contributed by atoms with Crippen LogP contribution in [0.5, 0.6) is 0 Å². The second-order valence-corrected chi connectivity index (χ2v) is 2.23. The Balaban J connectivity index is 3.80. The van der Waals surface area contributed by atoms with Gasteiger partial charge in [-0.15, -0.1) is 0 Å². The molecule has 12 heavy (non-hydrogen) atoms. The number of carbonyl (C=O) groups is 2. The fourth-order valence-corrected chi connectivity index (χ4v) is 0.495. The molecular formula is C8H13NO3. The van der Waals surface area contributed by atoms with E-state index in [9.17, 15) is 9.59 Å². The lowest BCUT2D eigenvalue weighted by Crippen LogP contribution is -2.30. The molecule has 4 nitrogen and oxygen atoms in total. The first-order valence-corrected chi connectivity index (χ1v) is 3.59. The van der Waals surface area contributed by atoms with Crippen molar-refractivity contribution in [2.24, 2.45) is 0 Å².